The number of hydrogen-bond donors (Lipinski definition) is 0. The summed E-state index contributed by atoms with van der Waals surface area (Å²) in [5.74, 6) is 2.01. The van der Waals surface area contributed by atoms with E-state index in [-0.39, 0.29) is 17.6 Å². The van der Waals surface area contributed by atoms with Gasteiger partial charge in [0.15, 0.2) is 0 Å². The molecule has 1 aromatic carbocycles. The van der Waals surface area contributed by atoms with E-state index in [0.717, 1.165) is 48.8 Å². The van der Waals surface area contributed by atoms with Gasteiger partial charge in [-0.1, -0.05) is 26.0 Å². The first-order valence-corrected chi connectivity index (χ1v) is 10.0. The van der Waals surface area contributed by atoms with Crippen LogP contribution in [0.25, 0.3) is 0 Å². The van der Waals surface area contributed by atoms with Crippen LogP contribution in [0, 0.1) is 12.7 Å². The number of aromatic nitrogens is 2. The normalized spacial score (nSPS) is 18.5. The van der Waals surface area contributed by atoms with E-state index >= 15 is 0 Å². The lowest BCUT2D eigenvalue weighted by Gasteiger charge is -2.37. The molecule has 2 fully saturated rings. The third-order valence-corrected chi connectivity index (χ3v) is 5.82. The summed E-state index contributed by atoms with van der Waals surface area (Å²) in [4.78, 5) is 26.6. The van der Waals surface area contributed by atoms with Crippen LogP contribution in [0.4, 0.5) is 10.2 Å². The van der Waals surface area contributed by atoms with Gasteiger partial charge in [-0.05, 0) is 37.5 Å². The number of carbonyl (C=O) groups is 1. The maximum absolute atomic E-state index is 13.3. The van der Waals surface area contributed by atoms with E-state index in [0.29, 0.717) is 13.1 Å². The quantitative estimate of drug-likeness (QED) is 0.813. The maximum atomic E-state index is 13.3. The molecular weight excluding hydrogens is 355 g/mol. The van der Waals surface area contributed by atoms with Gasteiger partial charge in [-0.25, -0.2) is 14.4 Å². The first kappa shape index (κ1) is 18.8. The Hall–Kier alpha value is -2.50. The number of piperazine rings is 1. The van der Waals surface area contributed by atoms with E-state index < -0.39 is 5.41 Å². The van der Waals surface area contributed by atoms with Crippen LogP contribution in [0.1, 0.15) is 49.7 Å². The minimum atomic E-state index is -0.438. The average Bonchev–Trinajstić information content (AvgIpc) is 3.49. The number of rotatable bonds is 4. The van der Waals surface area contributed by atoms with Crippen molar-refractivity contribution >= 4 is 11.7 Å². The van der Waals surface area contributed by atoms with Crippen molar-refractivity contribution in [3.8, 4) is 0 Å². The van der Waals surface area contributed by atoms with Crippen LogP contribution in [0.15, 0.2) is 30.3 Å². The molecule has 0 N–H and O–H groups in total. The Kier molecular flexibility index (Phi) is 4.81. The van der Waals surface area contributed by atoms with E-state index in [1.54, 1.807) is 12.1 Å². The zero-order chi connectivity index (χ0) is 19.9. The molecule has 2 aliphatic rings. The lowest BCUT2D eigenvalue weighted by Crippen LogP contribution is -2.51. The Morgan fingerprint density at radius 1 is 1.07 bits per heavy atom. The Morgan fingerprint density at radius 3 is 2.29 bits per heavy atom. The molecule has 1 aliphatic carbocycles. The van der Waals surface area contributed by atoms with Crippen LogP contribution < -0.4 is 4.90 Å². The number of aryl methyl sites for hydroxylation is 1. The zero-order valence-electron chi connectivity index (χ0n) is 16.8. The summed E-state index contributed by atoms with van der Waals surface area (Å²) in [5, 5.41) is 0. The van der Waals surface area contributed by atoms with Crippen molar-refractivity contribution in [2.45, 2.75) is 44.9 Å². The van der Waals surface area contributed by atoms with Crippen molar-refractivity contribution in [3.05, 3.63) is 53.2 Å². The van der Waals surface area contributed by atoms with Gasteiger partial charge in [-0.3, -0.25) is 4.79 Å². The molecule has 0 unspecified atom stereocenters. The van der Waals surface area contributed by atoms with Gasteiger partial charge in [0.1, 0.15) is 17.5 Å². The summed E-state index contributed by atoms with van der Waals surface area (Å²) >= 11 is 0. The second-order valence-corrected chi connectivity index (χ2v) is 8.25. The molecule has 5 nitrogen and oxygen atoms in total. The van der Waals surface area contributed by atoms with E-state index in [1.165, 1.54) is 12.1 Å². The van der Waals surface area contributed by atoms with E-state index in [4.69, 9.17) is 4.98 Å². The maximum Gasteiger partial charge on any atom is 0.233 e. The predicted molar refractivity (Wildman–Crippen MR) is 107 cm³/mol. The topological polar surface area (TPSA) is 49.3 Å². The molecule has 4 rings (SSSR count). The smallest absolute Gasteiger partial charge is 0.233 e. The van der Waals surface area contributed by atoms with Gasteiger partial charge in [-0.15, -0.1) is 0 Å². The Morgan fingerprint density at radius 2 is 1.71 bits per heavy atom. The molecule has 6 heteroatoms. The van der Waals surface area contributed by atoms with Crippen molar-refractivity contribution in [2.24, 2.45) is 0 Å². The lowest BCUT2D eigenvalue weighted by molar-refractivity contribution is -0.134. The molecule has 0 spiro atoms. The van der Waals surface area contributed by atoms with Gasteiger partial charge in [0.2, 0.25) is 5.91 Å². The lowest BCUT2D eigenvalue weighted by atomic mass is 9.94. The molecule has 148 valence electrons. The zero-order valence-corrected chi connectivity index (χ0v) is 16.8. The van der Waals surface area contributed by atoms with Gasteiger partial charge in [0.05, 0.1) is 5.41 Å². The van der Waals surface area contributed by atoms with Crippen molar-refractivity contribution < 1.29 is 9.18 Å². The number of halogens is 1. The number of benzene rings is 1. The highest BCUT2D eigenvalue weighted by atomic mass is 19.1. The molecule has 1 saturated heterocycles. The van der Waals surface area contributed by atoms with Crippen LogP contribution in [-0.2, 0) is 10.2 Å². The first-order chi connectivity index (χ1) is 13.4. The summed E-state index contributed by atoms with van der Waals surface area (Å²) in [5.41, 5.74) is 1.47. The molecule has 0 radical (unpaired) electrons. The molecule has 2 aromatic rings. The summed E-state index contributed by atoms with van der Waals surface area (Å²) in [6.45, 7) is 9.08. The van der Waals surface area contributed by atoms with Gasteiger partial charge in [-0.2, -0.15) is 0 Å². The van der Waals surface area contributed by atoms with Crippen LogP contribution in [0.2, 0.25) is 0 Å². The van der Waals surface area contributed by atoms with Crippen molar-refractivity contribution in [1.82, 2.24) is 14.9 Å². The molecule has 1 saturated carbocycles. The molecule has 1 amide bonds. The van der Waals surface area contributed by atoms with E-state index in [1.807, 2.05) is 17.9 Å². The Balaban J connectivity index is 1.44. The fourth-order valence-corrected chi connectivity index (χ4v) is 3.96. The van der Waals surface area contributed by atoms with Crippen LogP contribution in [0.5, 0.6) is 0 Å². The molecule has 0 bridgehead atoms. The van der Waals surface area contributed by atoms with Crippen molar-refractivity contribution in [1.29, 1.82) is 0 Å². The first-order valence-electron chi connectivity index (χ1n) is 10.0. The molecule has 1 aromatic heterocycles. The van der Waals surface area contributed by atoms with Crippen LogP contribution in [0.3, 0.4) is 0 Å². The number of amides is 1. The monoisotopic (exact) mass is 382 g/mol. The number of carbonyl (C=O) groups excluding carboxylic acids is 1. The average molecular weight is 382 g/mol. The fraction of sp³-hybridized carbons (Fsp3) is 0.500. The summed E-state index contributed by atoms with van der Waals surface area (Å²) < 4.78 is 13.3. The highest BCUT2D eigenvalue weighted by Crippen LogP contribution is 2.49. The SMILES string of the molecule is Cc1cc(N2CCN(C(=O)C3(c4ccc(F)cc4)CC3)CC2)nc(C(C)C)n1. The second kappa shape index (κ2) is 7.15. The standard InChI is InChI=1S/C22H27FN4O/c1-15(2)20-24-16(3)14-19(25-20)26-10-12-27(13-11-26)21(28)22(8-9-22)17-4-6-18(23)7-5-17/h4-7,14-15H,8-13H2,1-3H3. The highest BCUT2D eigenvalue weighted by Gasteiger charge is 2.53. The highest BCUT2D eigenvalue weighted by molar-refractivity contribution is 5.91. The largest absolute Gasteiger partial charge is 0.353 e. The third kappa shape index (κ3) is 3.48. The minimum Gasteiger partial charge on any atom is -0.353 e. The van der Waals surface area contributed by atoms with Crippen molar-refractivity contribution in [2.75, 3.05) is 31.1 Å². The number of hydrogen-bond acceptors (Lipinski definition) is 4. The number of anilines is 1. The Labute approximate surface area is 165 Å². The summed E-state index contributed by atoms with van der Waals surface area (Å²) in [7, 11) is 0. The molecular formula is C22H27FN4O. The van der Waals surface area contributed by atoms with Gasteiger partial charge in [0.25, 0.3) is 0 Å². The van der Waals surface area contributed by atoms with Crippen molar-refractivity contribution in [3.63, 3.8) is 0 Å². The molecule has 28 heavy (non-hydrogen) atoms. The fourth-order valence-electron chi connectivity index (χ4n) is 3.96. The van der Waals surface area contributed by atoms with Crippen LogP contribution in [-0.4, -0.2) is 47.0 Å². The number of nitrogens with zero attached hydrogens (tertiary/aromatic N) is 4. The van der Waals surface area contributed by atoms with E-state index in [9.17, 15) is 9.18 Å². The van der Waals surface area contributed by atoms with Gasteiger partial charge < -0.3 is 9.80 Å². The Bertz CT molecular complexity index is 869. The second-order valence-electron chi connectivity index (χ2n) is 8.25. The van der Waals surface area contributed by atoms with Gasteiger partial charge >= 0.3 is 0 Å². The molecule has 0 atom stereocenters. The predicted octanol–water partition coefficient (Wildman–Crippen LogP) is 3.43. The third-order valence-electron chi connectivity index (χ3n) is 5.82. The van der Waals surface area contributed by atoms with E-state index in [2.05, 4.69) is 23.7 Å². The summed E-state index contributed by atoms with van der Waals surface area (Å²) in [6.07, 6.45) is 1.70. The molecule has 1 aliphatic heterocycles. The summed E-state index contributed by atoms with van der Waals surface area (Å²) in [6, 6.07) is 8.43. The minimum absolute atomic E-state index is 0.181. The van der Waals surface area contributed by atoms with Crippen LogP contribution >= 0.6 is 0 Å². The molecule has 2 heterocycles. The van der Waals surface area contributed by atoms with Gasteiger partial charge in [0, 0.05) is 43.9 Å².